The number of aldehydes is 1. The molecule has 0 atom stereocenters. The van der Waals surface area contributed by atoms with E-state index >= 15 is 0 Å². The van der Waals surface area contributed by atoms with E-state index in [-0.39, 0.29) is 5.75 Å². The van der Waals surface area contributed by atoms with Gasteiger partial charge in [-0.05, 0) is 35.9 Å². The summed E-state index contributed by atoms with van der Waals surface area (Å²) in [4.78, 5) is 22.7. The molecule has 0 heterocycles. The number of allylic oxidation sites excluding steroid dienone is 1. The molecule has 118 valence electrons. The monoisotopic (exact) mass is 312 g/mol. The Morgan fingerprint density at radius 1 is 1.00 bits per heavy atom. The van der Waals surface area contributed by atoms with E-state index in [0.29, 0.717) is 28.9 Å². The molecule has 0 N–H and O–H groups in total. The van der Waals surface area contributed by atoms with Gasteiger partial charge in [-0.1, -0.05) is 24.3 Å². The van der Waals surface area contributed by atoms with E-state index < -0.39 is 5.97 Å². The summed E-state index contributed by atoms with van der Waals surface area (Å²) in [5.74, 6) is 0.337. The lowest BCUT2D eigenvalue weighted by atomic mass is 10.1. The summed E-state index contributed by atoms with van der Waals surface area (Å²) in [6.45, 7) is 0. The van der Waals surface area contributed by atoms with Crippen LogP contribution in [0.5, 0.6) is 17.2 Å². The number of rotatable bonds is 6. The number of ether oxygens (including phenoxy) is 3. The Hall–Kier alpha value is -3.08. The fourth-order valence-electron chi connectivity index (χ4n) is 1.97. The molecule has 0 aromatic heterocycles. The molecule has 0 aliphatic rings. The molecular weight excluding hydrogens is 296 g/mol. The minimum Gasteiger partial charge on any atom is -0.493 e. The quantitative estimate of drug-likeness (QED) is 0.355. The van der Waals surface area contributed by atoms with Crippen LogP contribution >= 0.6 is 0 Å². The molecule has 2 aromatic carbocycles. The first-order chi connectivity index (χ1) is 11.2. The second kappa shape index (κ2) is 7.79. The summed E-state index contributed by atoms with van der Waals surface area (Å²) in [5, 5.41) is 0. The van der Waals surface area contributed by atoms with Crippen molar-refractivity contribution in [2.75, 3.05) is 14.2 Å². The van der Waals surface area contributed by atoms with E-state index in [2.05, 4.69) is 0 Å². The maximum Gasteiger partial charge on any atom is 0.343 e. The third kappa shape index (κ3) is 3.97. The highest BCUT2D eigenvalue weighted by atomic mass is 16.6. The van der Waals surface area contributed by atoms with Crippen LogP contribution in [0.1, 0.15) is 15.9 Å². The van der Waals surface area contributed by atoms with E-state index in [1.54, 1.807) is 42.5 Å². The molecule has 0 saturated heterocycles. The molecule has 23 heavy (non-hydrogen) atoms. The topological polar surface area (TPSA) is 61.8 Å². The number of carbonyl (C=O) groups is 2. The molecule has 0 radical (unpaired) electrons. The highest BCUT2D eigenvalue weighted by Gasteiger charge is 2.18. The van der Waals surface area contributed by atoms with Gasteiger partial charge < -0.3 is 14.2 Å². The minimum atomic E-state index is -0.515. The first kappa shape index (κ1) is 16.3. The van der Waals surface area contributed by atoms with E-state index in [9.17, 15) is 9.59 Å². The maximum atomic E-state index is 12.2. The van der Waals surface area contributed by atoms with Gasteiger partial charge in [0.15, 0.2) is 11.5 Å². The maximum absolute atomic E-state index is 12.2. The minimum absolute atomic E-state index is 0.187. The number of hydrogen-bond acceptors (Lipinski definition) is 5. The molecule has 2 aromatic rings. The van der Waals surface area contributed by atoms with Crippen LogP contribution < -0.4 is 14.2 Å². The lowest BCUT2D eigenvalue weighted by Crippen LogP contribution is -2.10. The molecule has 0 bridgehead atoms. The zero-order valence-corrected chi connectivity index (χ0v) is 12.8. The number of esters is 1. The summed E-state index contributed by atoms with van der Waals surface area (Å²) in [5.41, 5.74) is 1.10. The number of hydrogen-bond donors (Lipinski definition) is 0. The van der Waals surface area contributed by atoms with E-state index in [1.165, 1.54) is 20.3 Å². The van der Waals surface area contributed by atoms with Crippen molar-refractivity contribution in [3.05, 3.63) is 59.7 Å². The van der Waals surface area contributed by atoms with Crippen LogP contribution in [0.15, 0.2) is 48.5 Å². The molecule has 0 aliphatic heterocycles. The number of methoxy groups -OCH3 is 2. The van der Waals surface area contributed by atoms with Gasteiger partial charge in [-0.25, -0.2) is 4.79 Å². The first-order valence-corrected chi connectivity index (χ1v) is 6.84. The lowest BCUT2D eigenvalue weighted by Gasteiger charge is -2.14. The van der Waals surface area contributed by atoms with E-state index in [4.69, 9.17) is 14.2 Å². The molecule has 0 fully saturated rings. The van der Waals surface area contributed by atoms with Crippen molar-refractivity contribution in [2.24, 2.45) is 0 Å². The highest BCUT2D eigenvalue weighted by molar-refractivity contribution is 5.91. The highest BCUT2D eigenvalue weighted by Crippen LogP contribution is 2.39. The molecule has 5 heteroatoms. The largest absolute Gasteiger partial charge is 0.493 e. The summed E-state index contributed by atoms with van der Waals surface area (Å²) < 4.78 is 16.0. The van der Waals surface area contributed by atoms with Crippen molar-refractivity contribution >= 4 is 18.3 Å². The van der Waals surface area contributed by atoms with Crippen molar-refractivity contribution in [2.45, 2.75) is 0 Å². The smallest absolute Gasteiger partial charge is 0.343 e. The van der Waals surface area contributed by atoms with Gasteiger partial charge in [-0.2, -0.15) is 0 Å². The number of carbonyl (C=O) groups excluding carboxylic acids is 2. The number of benzene rings is 2. The Morgan fingerprint density at radius 2 is 1.61 bits per heavy atom. The van der Waals surface area contributed by atoms with E-state index in [1.807, 2.05) is 6.07 Å². The lowest BCUT2D eigenvalue weighted by molar-refractivity contribution is -0.104. The zero-order valence-electron chi connectivity index (χ0n) is 12.8. The van der Waals surface area contributed by atoms with Crippen molar-refractivity contribution in [3.63, 3.8) is 0 Å². The molecule has 0 unspecified atom stereocenters. The second-order valence-electron chi connectivity index (χ2n) is 4.51. The van der Waals surface area contributed by atoms with Crippen LogP contribution in [0.25, 0.3) is 6.08 Å². The Bertz CT molecular complexity index is 694. The molecule has 0 saturated carbocycles. The van der Waals surface area contributed by atoms with Crippen molar-refractivity contribution in [1.82, 2.24) is 0 Å². The predicted molar refractivity (Wildman–Crippen MR) is 86.0 cm³/mol. The second-order valence-corrected chi connectivity index (χ2v) is 4.51. The summed E-state index contributed by atoms with van der Waals surface area (Å²) >= 11 is 0. The Morgan fingerprint density at radius 3 is 2.13 bits per heavy atom. The van der Waals surface area contributed by atoms with Crippen LogP contribution in [0, 0.1) is 0 Å². The van der Waals surface area contributed by atoms with Crippen molar-refractivity contribution < 1.29 is 23.8 Å². The average molecular weight is 312 g/mol. The molecule has 0 spiro atoms. The normalized spacial score (nSPS) is 10.3. The standard InChI is InChI=1S/C18H16O5/c1-21-15-11-13(7-6-10-19)12-16(22-2)17(15)23-18(20)14-8-4-3-5-9-14/h3-12H,1-2H3/b7-6+. The van der Waals surface area contributed by atoms with Crippen LogP contribution in [0.4, 0.5) is 0 Å². The Kier molecular flexibility index (Phi) is 5.52. The van der Waals surface area contributed by atoms with Crippen molar-refractivity contribution in [1.29, 1.82) is 0 Å². The first-order valence-electron chi connectivity index (χ1n) is 6.84. The zero-order chi connectivity index (χ0) is 16.7. The molecule has 5 nitrogen and oxygen atoms in total. The Balaban J connectivity index is 2.38. The fraction of sp³-hybridized carbons (Fsp3) is 0.111. The average Bonchev–Trinajstić information content (AvgIpc) is 2.61. The van der Waals surface area contributed by atoms with Crippen LogP contribution in [0.3, 0.4) is 0 Å². The van der Waals surface area contributed by atoms with Gasteiger partial charge in [0, 0.05) is 0 Å². The van der Waals surface area contributed by atoms with Crippen LogP contribution in [0.2, 0.25) is 0 Å². The van der Waals surface area contributed by atoms with Gasteiger partial charge in [-0.3, -0.25) is 4.79 Å². The predicted octanol–water partition coefficient (Wildman–Crippen LogP) is 3.14. The van der Waals surface area contributed by atoms with Crippen LogP contribution in [-0.4, -0.2) is 26.5 Å². The van der Waals surface area contributed by atoms with Gasteiger partial charge >= 0.3 is 5.97 Å². The van der Waals surface area contributed by atoms with Gasteiger partial charge in [0.05, 0.1) is 19.8 Å². The summed E-state index contributed by atoms with van der Waals surface area (Å²) in [7, 11) is 2.92. The third-order valence-corrected chi connectivity index (χ3v) is 3.05. The molecule has 0 aliphatic carbocycles. The fourth-order valence-corrected chi connectivity index (χ4v) is 1.97. The van der Waals surface area contributed by atoms with Gasteiger partial charge in [0.2, 0.25) is 5.75 Å². The van der Waals surface area contributed by atoms with E-state index in [0.717, 1.165) is 0 Å². The SMILES string of the molecule is COc1cc(/C=C/C=O)cc(OC)c1OC(=O)c1ccccc1. The van der Waals surface area contributed by atoms with Crippen LogP contribution in [-0.2, 0) is 4.79 Å². The Labute approximate surface area is 134 Å². The van der Waals surface area contributed by atoms with Gasteiger partial charge in [-0.15, -0.1) is 0 Å². The summed E-state index contributed by atoms with van der Waals surface area (Å²) in [6.07, 6.45) is 3.62. The summed E-state index contributed by atoms with van der Waals surface area (Å²) in [6, 6.07) is 11.9. The molecular formula is C18H16O5. The molecule has 2 rings (SSSR count). The van der Waals surface area contributed by atoms with Crippen molar-refractivity contribution in [3.8, 4) is 17.2 Å². The molecule has 0 amide bonds. The van der Waals surface area contributed by atoms with Gasteiger partial charge in [0.25, 0.3) is 0 Å². The third-order valence-electron chi connectivity index (χ3n) is 3.05. The van der Waals surface area contributed by atoms with Gasteiger partial charge in [0.1, 0.15) is 6.29 Å².